The fourth-order valence-corrected chi connectivity index (χ4v) is 6.31. The van der Waals surface area contributed by atoms with E-state index >= 15 is 0 Å². The minimum atomic E-state index is -0.363. The Kier molecular flexibility index (Phi) is 42.8. The van der Waals surface area contributed by atoms with Gasteiger partial charge < -0.3 is 29.0 Å². The van der Waals surface area contributed by atoms with Gasteiger partial charge in [-0.05, 0) is 103 Å². The Morgan fingerprint density at radius 1 is 0.564 bits per heavy atom. The number of rotatable bonds is 43. The summed E-state index contributed by atoms with van der Waals surface area (Å²) in [5.41, 5.74) is 0. The lowest BCUT2D eigenvalue weighted by Gasteiger charge is -2.21. The first-order valence-corrected chi connectivity index (χ1v) is 22.7. The molecule has 320 valence electrons. The van der Waals surface area contributed by atoms with Gasteiger partial charge in [-0.15, -0.1) is 12.3 Å². The van der Waals surface area contributed by atoms with Crippen molar-refractivity contribution < 1.29 is 33.6 Å². The molecule has 0 aliphatic heterocycles. The number of unbranched alkanes of at least 4 members (excludes halogenated alkanes) is 18. The van der Waals surface area contributed by atoms with Crippen molar-refractivity contribution >= 4 is 11.9 Å². The fraction of sp³-hybridized carbons (Fsp3) is 0.830. The van der Waals surface area contributed by atoms with E-state index in [1.165, 1.54) is 25.7 Å². The van der Waals surface area contributed by atoms with Crippen LogP contribution in [-0.4, -0.2) is 80.9 Å². The van der Waals surface area contributed by atoms with Crippen LogP contribution in [0.2, 0.25) is 0 Å². The van der Waals surface area contributed by atoms with Gasteiger partial charge in [-0.25, -0.2) is 0 Å². The number of aliphatic hydroxyl groups is 1. The van der Waals surface area contributed by atoms with Gasteiger partial charge in [0.25, 0.3) is 0 Å². The number of ether oxygens (including phenoxy) is 4. The van der Waals surface area contributed by atoms with Gasteiger partial charge in [0.15, 0.2) is 6.29 Å². The first-order chi connectivity index (χ1) is 27.1. The molecule has 8 nitrogen and oxygen atoms in total. The Morgan fingerprint density at radius 2 is 1.02 bits per heavy atom. The molecule has 0 saturated carbocycles. The smallest absolute Gasteiger partial charge is 0.305 e. The van der Waals surface area contributed by atoms with Crippen LogP contribution in [0, 0.1) is 12.3 Å². The minimum Gasteiger partial charge on any atom is -0.466 e. The summed E-state index contributed by atoms with van der Waals surface area (Å²) in [6.07, 6.45) is 41.9. The Morgan fingerprint density at radius 3 is 1.53 bits per heavy atom. The van der Waals surface area contributed by atoms with E-state index in [0.717, 1.165) is 148 Å². The fourth-order valence-electron chi connectivity index (χ4n) is 6.31. The maximum absolute atomic E-state index is 12.5. The third-order valence-electron chi connectivity index (χ3n) is 9.66. The third-order valence-corrected chi connectivity index (χ3v) is 9.66. The highest BCUT2D eigenvalue weighted by Crippen LogP contribution is 2.13. The number of terminal acetylenes is 1. The molecule has 0 aromatic heterocycles. The van der Waals surface area contributed by atoms with Crippen molar-refractivity contribution in [3.63, 3.8) is 0 Å². The van der Waals surface area contributed by atoms with Crippen molar-refractivity contribution in [2.45, 2.75) is 200 Å². The number of hydrogen-bond donors (Lipinski definition) is 1. The van der Waals surface area contributed by atoms with Crippen molar-refractivity contribution in [3.8, 4) is 12.3 Å². The molecular formula is C47H85NO7. The van der Waals surface area contributed by atoms with E-state index < -0.39 is 0 Å². The van der Waals surface area contributed by atoms with Crippen LogP contribution in [0.25, 0.3) is 0 Å². The van der Waals surface area contributed by atoms with E-state index in [2.05, 4.69) is 49.0 Å². The van der Waals surface area contributed by atoms with E-state index in [1.807, 2.05) is 0 Å². The average Bonchev–Trinajstić information content (AvgIpc) is 3.18. The number of nitrogens with zero attached hydrogens (tertiary/aromatic N) is 1. The Labute approximate surface area is 338 Å². The number of hydrogen-bond acceptors (Lipinski definition) is 8. The standard InChI is InChI=1S/C47H85NO7/c1-4-7-10-13-16-17-18-25-30-41-52-45(50)34-27-20-19-21-28-37-48(39-40-49)38-29-22-26-31-42-53-46(51)35-36-47(54-43-32-23-14-11-8-5-2)55-44-33-24-15-12-9-6-3/h1,8-9,11-12,47,49H,5-7,10,13-44H2,2-3H3/b11-8-,12-9-. The molecule has 0 rings (SSSR count). The Balaban J connectivity index is 3.96. The SMILES string of the molecule is C#CCCCCCCCCCOC(=O)CCCCCCCN(CCO)CCCCCCOC(=O)CCC(OCCCC/C=C\CC)OCCCC/C=C\CC. The zero-order valence-corrected chi connectivity index (χ0v) is 35.8. The minimum absolute atomic E-state index is 0.0597. The van der Waals surface area contributed by atoms with Crippen LogP contribution in [-0.2, 0) is 28.5 Å². The van der Waals surface area contributed by atoms with E-state index in [0.29, 0.717) is 52.2 Å². The molecule has 0 amide bonds. The quantitative estimate of drug-likeness (QED) is 0.0215. The highest BCUT2D eigenvalue weighted by molar-refractivity contribution is 5.69. The van der Waals surface area contributed by atoms with Gasteiger partial charge in [0, 0.05) is 39.0 Å². The molecule has 0 heterocycles. The average molecular weight is 776 g/mol. The summed E-state index contributed by atoms with van der Waals surface area (Å²) < 4.78 is 23.0. The van der Waals surface area contributed by atoms with Crippen molar-refractivity contribution in [1.82, 2.24) is 4.90 Å². The predicted octanol–water partition coefficient (Wildman–Crippen LogP) is 11.4. The Hall–Kier alpha value is -2.18. The van der Waals surface area contributed by atoms with E-state index in [4.69, 9.17) is 25.4 Å². The van der Waals surface area contributed by atoms with Crippen LogP contribution in [0.15, 0.2) is 24.3 Å². The zero-order chi connectivity index (χ0) is 40.1. The van der Waals surface area contributed by atoms with Crippen LogP contribution in [0.3, 0.4) is 0 Å². The molecule has 0 radical (unpaired) electrons. The molecule has 0 unspecified atom stereocenters. The second kappa shape index (κ2) is 44.5. The van der Waals surface area contributed by atoms with Crippen LogP contribution in [0.1, 0.15) is 194 Å². The number of carbonyl (C=O) groups is 2. The summed E-state index contributed by atoms with van der Waals surface area (Å²) in [6.45, 7) is 9.44. The van der Waals surface area contributed by atoms with Gasteiger partial charge >= 0.3 is 11.9 Å². The highest BCUT2D eigenvalue weighted by Gasteiger charge is 2.13. The first kappa shape index (κ1) is 52.8. The Bertz CT molecular complexity index is 907. The second-order valence-corrected chi connectivity index (χ2v) is 14.8. The lowest BCUT2D eigenvalue weighted by Crippen LogP contribution is -2.29. The normalized spacial score (nSPS) is 11.7. The summed E-state index contributed by atoms with van der Waals surface area (Å²) in [6, 6.07) is 0. The summed E-state index contributed by atoms with van der Waals surface area (Å²) in [7, 11) is 0. The molecule has 0 atom stereocenters. The molecule has 55 heavy (non-hydrogen) atoms. The molecule has 8 heteroatoms. The third kappa shape index (κ3) is 41.3. The molecule has 0 saturated heterocycles. The van der Waals surface area contributed by atoms with E-state index in [-0.39, 0.29) is 24.8 Å². The zero-order valence-electron chi connectivity index (χ0n) is 35.8. The largest absolute Gasteiger partial charge is 0.466 e. The lowest BCUT2D eigenvalue weighted by atomic mass is 10.1. The second-order valence-electron chi connectivity index (χ2n) is 14.8. The molecule has 0 spiro atoms. The van der Waals surface area contributed by atoms with Gasteiger partial charge in [0.1, 0.15) is 0 Å². The van der Waals surface area contributed by atoms with Crippen LogP contribution in [0.5, 0.6) is 0 Å². The first-order valence-electron chi connectivity index (χ1n) is 22.7. The number of allylic oxidation sites excluding steroid dienone is 4. The maximum Gasteiger partial charge on any atom is 0.305 e. The van der Waals surface area contributed by atoms with E-state index in [9.17, 15) is 14.7 Å². The van der Waals surface area contributed by atoms with Crippen molar-refractivity contribution in [2.75, 3.05) is 52.7 Å². The topological polar surface area (TPSA) is 94.5 Å². The van der Waals surface area contributed by atoms with Gasteiger partial charge in [-0.1, -0.05) is 102 Å². The molecule has 0 aromatic carbocycles. The van der Waals surface area contributed by atoms with Crippen LogP contribution in [0.4, 0.5) is 0 Å². The van der Waals surface area contributed by atoms with Gasteiger partial charge in [0.05, 0.1) is 26.2 Å². The number of esters is 2. The molecule has 1 N–H and O–H groups in total. The molecule has 0 aliphatic carbocycles. The van der Waals surface area contributed by atoms with Gasteiger partial charge in [-0.3, -0.25) is 9.59 Å². The van der Waals surface area contributed by atoms with Crippen molar-refractivity contribution in [2.24, 2.45) is 0 Å². The van der Waals surface area contributed by atoms with Crippen molar-refractivity contribution in [3.05, 3.63) is 24.3 Å². The molecule has 0 aliphatic rings. The summed E-state index contributed by atoms with van der Waals surface area (Å²) in [4.78, 5) is 26.8. The summed E-state index contributed by atoms with van der Waals surface area (Å²) in [5, 5.41) is 9.54. The van der Waals surface area contributed by atoms with Gasteiger partial charge in [0.2, 0.25) is 0 Å². The molecular weight excluding hydrogens is 691 g/mol. The summed E-state index contributed by atoms with van der Waals surface area (Å²) >= 11 is 0. The number of aliphatic hydroxyl groups excluding tert-OH is 1. The molecule has 0 fully saturated rings. The number of carbonyl (C=O) groups excluding carboxylic acids is 2. The van der Waals surface area contributed by atoms with Crippen LogP contribution < -0.4 is 0 Å². The maximum atomic E-state index is 12.5. The molecule has 0 bridgehead atoms. The predicted molar refractivity (Wildman–Crippen MR) is 229 cm³/mol. The molecule has 0 aromatic rings. The van der Waals surface area contributed by atoms with E-state index in [1.54, 1.807) is 0 Å². The lowest BCUT2D eigenvalue weighted by molar-refractivity contribution is -0.159. The monoisotopic (exact) mass is 776 g/mol. The summed E-state index contributed by atoms with van der Waals surface area (Å²) in [5.74, 6) is 2.45. The highest BCUT2D eigenvalue weighted by atomic mass is 16.7. The van der Waals surface area contributed by atoms with Crippen LogP contribution >= 0.6 is 0 Å². The van der Waals surface area contributed by atoms with Crippen molar-refractivity contribution in [1.29, 1.82) is 0 Å². The van der Waals surface area contributed by atoms with Gasteiger partial charge in [-0.2, -0.15) is 0 Å².